The Hall–Kier alpha value is -1.66. The largest absolute Gasteiger partial charge is 0.379 e. The number of ether oxygens (including phenoxy) is 1. The Kier molecular flexibility index (Phi) is 9.56. The van der Waals surface area contributed by atoms with Crippen molar-refractivity contribution in [1.29, 1.82) is 0 Å². The first-order valence-corrected chi connectivity index (χ1v) is 10.3. The minimum absolute atomic E-state index is 0.479. The van der Waals surface area contributed by atoms with Crippen molar-refractivity contribution in [2.24, 2.45) is 10.9 Å². The van der Waals surface area contributed by atoms with Gasteiger partial charge in [0.1, 0.15) is 0 Å². The van der Waals surface area contributed by atoms with Crippen LogP contribution in [0.5, 0.6) is 0 Å². The normalized spacial score (nSPS) is 17.1. The lowest BCUT2D eigenvalue weighted by molar-refractivity contribution is 0.0143. The van der Waals surface area contributed by atoms with E-state index < -0.39 is 0 Å². The minimum atomic E-state index is 0.479. The Labute approximate surface area is 164 Å². The number of nitrogens with one attached hydrogen (secondary N) is 2. The van der Waals surface area contributed by atoms with Crippen molar-refractivity contribution in [2.45, 2.75) is 46.6 Å². The first-order valence-electron chi connectivity index (χ1n) is 10.3. The molecule has 1 aliphatic heterocycles. The second kappa shape index (κ2) is 11.9. The lowest BCUT2D eigenvalue weighted by Crippen LogP contribution is -2.46. The standard InChI is InChI=1S/C21H37N5O/c1-5-23-21(24-9-7-19-6-8-22-15-18(19)4)25-16-20(14-17(2)3)26-10-12-27-13-11-26/h6,8,15,17,20H,5,7,9-14,16H2,1-4H3,(H2,23,24,25). The minimum Gasteiger partial charge on any atom is -0.379 e. The number of guanidine groups is 1. The van der Waals surface area contributed by atoms with Crippen LogP contribution in [0.3, 0.4) is 0 Å². The zero-order valence-corrected chi connectivity index (χ0v) is 17.5. The number of aliphatic imine (C=N–C) groups is 1. The first-order chi connectivity index (χ1) is 13.1. The number of hydrogen-bond acceptors (Lipinski definition) is 4. The van der Waals surface area contributed by atoms with Crippen molar-refractivity contribution in [1.82, 2.24) is 20.5 Å². The average Bonchev–Trinajstić information content (AvgIpc) is 2.67. The molecule has 27 heavy (non-hydrogen) atoms. The van der Waals surface area contributed by atoms with E-state index in [0.29, 0.717) is 12.0 Å². The summed E-state index contributed by atoms with van der Waals surface area (Å²) in [5.74, 6) is 1.57. The van der Waals surface area contributed by atoms with E-state index in [0.717, 1.165) is 58.3 Å². The zero-order valence-electron chi connectivity index (χ0n) is 17.5. The monoisotopic (exact) mass is 375 g/mol. The molecule has 2 heterocycles. The second-order valence-electron chi connectivity index (χ2n) is 7.63. The summed E-state index contributed by atoms with van der Waals surface area (Å²) >= 11 is 0. The van der Waals surface area contributed by atoms with Crippen LogP contribution in [0, 0.1) is 12.8 Å². The van der Waals surface area contributed by atoms with Gasteiger partial charge in [0.05, 0.1) is 19.8 Å². The maximum Gasteiger partial charge on any atom is 0.191 e. The molecule has 0 spiro atoms. The smallest absolute Gasteiger partial charge is 0.191 e. The van der Waals surface area contributed by atoms with Gasteiger partial charge in [0.15, 0.2) is 5.96 Å². The van der Waals surface area contributed by atoms with E-state index in [1.165, 1.54) is 17.5 Å². The van der Waals surface area contributed by atoms with Gasteiger partial charge in [-0.3, -0.25) is 14.9 Å². The van der Waals surface area contributed by atoms with E-state index in [4.69, 9.17) is 9.73 Å². The molecule has 0 saturated carbocycles. The quantitative estimate of drug-likeness (QED) is 0.512. The van der Waals surface area contributed by atoms with E-state index in [1.54, 1.807) is 0 Å². The molecular weight excluding hydrogens is 338 g/mol. The van der Waals surface area contributed by atoms with Gasteiger partial charge in [0.25, 0.3) is 0 Å². The number of rotatable bonds is 9. The van der Waals surface area contributed by atoms with Gasteiger partial charge < -0.3 is 15.4 Å². The first kappa shape index (κ1) is 21.6. The fraction of sp³-hybridized carbons (Fsp3) is 0.714. The third-order valence-corrected chi connectivity index (χ3v) is 4.93. The molecule has 0 bridgehead atoms. The molecule has 0 amide bonds. The van der Waals surface area contributed by atoms with Crippen LogP contribution >= 0.6 is 0 Å². The van der Waals surface area contributed by atoms with Gasteiger partial charge in [-0.25, -0.2) is 0 Å². The molecule has 6 heteroatoms. The Bertz CT molecular complexity index is 569. The highest BCUT2D eigenvalue weighted by Gasteiger charge is 2.21. The lowest BCUT2D eigenvalue weighted by atomic mass is 10.0. The van der Waals surface area contributed by atoms with E-state index in [9.17, 15) is 0 Å². The van der Waals surface area contributed by atoms with Gasteiger partial charge in [0, 0.05) is 44.6 Å². The Morgan fingerprint density at radius 3 is 2.74 bits per heavy atom. The molecule has 0 aliphatic carbocycles. The SMILES string of the molecule is CCNC(=NCC(CC(C)C)N1CCOCC1)NCCc1ccncc1C. The molecule has 0 aromatic carbocycles. The molecule has 1 unspecified atom stereocenters. The number of hydrogen-bond donors (Lipinski definition) is 2. The summed E-state index contributed by atoms with van der Waals surface area (Å²) in [6.07, 6.45) is 5.92. The molecule has 1 atom stereocenters. The molecule has 2 N–H and O–H groups in total. The van der Waals surface area contributed by atoms with Crippen molar-refractivity contribution < 1.29 is 4.74 Å². The molecule has 1 aromatic rings. The van der Waals surface area contributed by atoms with Crippen LogP contribution in [-0.4, -0.2) is 67.8 Å². The highest BCUT2D eigenvalue weighted by Crippen LogP contribution is 2.14. The summed E-state index contributed by atoms with van der Waals surface area (Å²) in [5.41, 5.74) is 2.57. The Balaban J connectivity index is 1.91. The van der Waals surface area contributed by atoms with Crippen LogP contribution in [0.2, 0.25) is 0 Å². The maximum absolute atomic E-state index is 5.52. The number of nitrogens with zero attached hydrogens (tertiary/aromatic N) is 3. The fourth-order valence-corrected chi connectivity index (χ4v) is 3.46. The summed E-state index contributed by atoms with van der Waals surface area (Å²) in [7, 11) is 0. The molecule has 1 saturated heterocycles. The highest BCUT2D eigenvalue weighted by atomic mass is 16.5. The van der Waals surface area contributed by atoms with Crippen LogP contribution in [0.4, 0.5) is 0 Å². The third kappa shape index (κ3) is 7.85. The van der Waals surface area contributed by atoms with Crippen LogP contribution in [0.25, 0.3) is 0 Å². The number of aryl methyl sites for hydroxylation is 1. The zero-order chi connectivity index (χ0) is 19.5. The van der Waals surface area contributed by atoms with Crippen molar-refractivity contribution in [3.63, 3.8) is 0 Å². The predicted molar refractivity (Wildman–Crippen MR) is 112 cm³/mol. The topological polar surface area (TPSA) is 61.8 Å². The molecule has 1 aliphatic rings. The van der Waals surface area contributed by atoms with Crippen LogP contribution in [0.15, 0.2) is 23.5 Å². The highest BCUT2D eigenvalue weighted by molar-refractivity contribution is 5.79. The summed E-state index contributed by atoms with van der Waals surface area (Å²) in [6, 6.07) is 2.57. The van der Waals surface area contributed by atoms with Gasteiger partial charge in [-0.05, 0) is 49.8 Å². The van der Waals surface area contributed by atoms with Gasteiger partial charge in [0.2, 0.25) is 0 Å². The van der Waals surface area contributed by atoms with Crippen molar-refractivity contribution in [2.75, 3.05) is 45.9 Å². The van der Waals surface area contributed by atoms with Gasteiger partial charge in [-0.1, -0.05) is 13.8 Å². The average molecular weight is 376 g/mol. The van der Waals surface area contributed by atoms with Gasteiger partial charge in [-0.2, -0.15) is 0 Å². The fourth-order valence-electron chi connectivity index (χ4n) is 3.46. The van der Waals surface area contributed by atoms with E-state index in [2.05, 4.69) is 54.3 Å². The van der Waals surface area contributed by atoms with E-state index >= 15 is 0 Å². The molecule has 2 rings (SSSR count). The molecular formula is C21H37N5O. The summed E-state index contributed by atoms with van der Waals surface area (Å²) in [6.45, 7) is 15.0. The lowest BCUT2D eigenvalue weighted by Gasteiger charge is -2.34. The van der Waals surface area contributed by atoms with Crippen molar-refractivity contribution in [3.05, 3.63) is 29.6 Å². The molecule has 1 fully saturated rings. The molecule has 152 valence electrons. The van der Waals surface area contributed by atoms with Crippen LogP contribution in [-0.2, 0) is 11.2 Å². The second-order valence-corrected chi connectivity index (χ2v) is 7.63. The van der Waals surface area contributed by atoms with Crippen LogP contribution < -0.4 is 10.6 Å². The predicted octanol–water partition coefficient (Wildman–Crippen LogP) is 2.23. The third-order valence-electron chi connectivity index (χ3n) is 4.93. The number of pyridine rings is 1. The summed E-state index contributed by atoms with van der Waals surface area (Å²) < 4.78 is 5.52. The Morgan fingerprint density at radius 1 is 1.30 bits per heavy atom. The Morgan fingerprint density at radius 2 is 2.07 bits per heavy atom. The van der Waals surface area contributed by atoms with Gasteiger partial charge >= 0.3 is 0 Å². The van der Waals surface area contributed by atoms with E-state index in [-0.39, 0.29) is 0 Å². The molecule has 6 nitrogen and oxygen atoms in total. The number of morpholine rings is 1. The van der Waals surface area contributed by atoms with Crippen molar-refractivity contribution in [3.8, 4) is 0 Å². The van der Waals surface area contributed by atoms with Crippen LogP contribution in [0.1, 0.15) is 38.3 Å². The molecule has 0 radical (unpaired) electrons. The number of aromatic nitrogens is 1. The molecule has 1 aromatic heterocycles. The summed E-state index contributed by atoms with van der Waals surface area (Å²) in [5, 5.41) is 6.86. The summed E-state index contributed by atoms with van der Waals surface area (Å²) in [4.78, 5) is 11.6. The van der Waals surface area contributed by atoms with Crippen molar-refractivity contribution >= 4 is 5.96 Å². The maximum atomic E-state index is 5.52. The van der Waals surface area contributed by atoms with E-state index in [1.807, 2.05) is 12.4 Å². The van der Waals surface area contributed by atoms with Gasteiger partial charge in [-0.15, -0.1) is 0 Å².